The zero-order valence-corrected chi connectivity index (χ0v) is 11.2. The Kier molecular flexibility index (Phi) is 2.43. The van der Waals surface area contributed by atoms with Gasteiger partial charge in [0, 0.05) is 0 Å². The van der Waals surface area contributed by atoms with Gasteiger partial charge in [0.1, 0.15) is 17.3 Å². The van der Waals surface area contributed by atoms with E-state index in [1.54, 1.807) is 0 Å². The van der Waals surface area contributed by atoms with Gasteiger partial charge in [-0.15, -0.1) is 0 Å². The van der Waals surface area contributed by atoms with E-state index in [0.29, 0.717) is 0 Å². The van der Waals surface area contributed by atoms with Crippen LogP contribution in [0.25, 0.3) is 11.0 Å². The molecule has 7 heteroatoms. The summed E-state index contributed by atoms with van der Waals surface area (Å²) in [7, 11) is 0. The van der Waals surface area contributed by atoms with Crippen molar-refractivity contribution in [2.24, 2.45) is 0 Å². The Morgan fingerprint density at radius 1 is 0.783 bits per heavy atom. The molecule has 0 radical (unpaired) electrons. The van der Waals surface area contributed by atoms with Gasteiger partial charge in [-0.1, -0.05) is 0 Å². The van der Waals surface area contributed by atoms with Crippen LogP contribution in [0.3, 0.4) is 0 Å². The van der Waals surface area contributed by atoms with Crippen LogP contribution in [0, 0.1) is 11.6 Å². The SMILES string of the molecule is O=C1c2c(O)ccc(O)c2C(=O)c2c1c(F)c1ccoc1c2F. The standard InChI is InChI=1S/C16H6F2O5/c17-12-5-3-4-23-16(5)13(18)11-10(12)14(21)8-6(19)1-2-7(20)9(8)15(11)22/h1-4,19-20H. The number of phenols is 2. The molecule has 0 unspecified atom stereocenters. The Hall–Kier alpha value is -3.22. The van der Waals surface area contributed by atoms with Crippen molar-refractivity contribution < 1.29 is 33.0 Å². The van der Waals surface area contributed by atoms with Crippen LogP contribution >= 0.6 is 0 Å². The Labute approximate surface area is 126 Å². The molecule has 0 spiro atoms. The van der Waals surface area contributed by atoms with Crippen molar-refractivity contribution in [3.63, 3.8) is 0 Å². The number of carbonyl (C=O) groups is 2. The molecule has 0 fully saturated rings. The second-order valence-corrected chi connectivity index (χ2v) is 5.05. The summed E-state index contributed by atoms with van der Waals surface area (Å²) in [6.07, 6.45) is 1.03. The Morgan fingerprint density at radius 3 is 1.87 bits per heavy atom. The minimum atomic E-state index is -1.19. The average molecular weight is 316 g/mol. The first kappa shape index (κ1) is 13.4. The number of aromatic hydroxyl groups is 2. The number of carbonyl (C=O) groups excluding carboxylic acids is 2. The Bertz CT molecular complexity index is 968. The van der Waals surface area contributed by atoms with Gasteiger partial charge in [-0.25, -0.2) is 8.78 Å². The van der Waals surface area contributed by atoms with Gasteiger partial charge in [0.15, 0.2) is 11.4 Å². The van der Waals surface area contributed by atoms with Gasteiger partial charge in [-0.05, 0) is 18.2 Å². The van der Waals surface area contributed by atoms with Crippen molar-refractivity contribution >= 4 is 22.5 Å². The topological polar surface area (TPSA) is 87.7 Å². The zero-order valence-electron chi connectivity index (χ0n) is 11.2. The van der Waals surface area contributed by atoms with E-state index >= 15 is 0 Å². The lowest BCUT2D eigenvalue weighted by atomic mass is 9.82. The lowest BCUT2D eigenvalue weighted by molar-refractivity contribution is 0.0967. The van der Waals surface area contributed by atoms with Crippen LogP contribution in [-0.2, 0) is 0 Å². The van der Waals surface area contributed by atoms with Gasteiger partial charge in [0.05, 0.1) is 33.9 Å². The molecule has 0 aliphatic heterocycles. The summed E-state index contributed by atoms with van der Waals surface area (Å²) in [4.78, 5) is 25.0. The summed E-state index contributed by atoms with van der Waals surface area (Å²) in [6.45, 7) is 0. The second kappa shape index (κ2) is 4.16. The van der Waals surface area contributed by atoms with Crippen molar-refractivity contribution in [1.29, 1.82) is 0 Å². The maximum absolute atomic E-state index is 14.6. The van der Waals surface area contributed by atoms with E-state index in [2.05, 4.69) is 0 Å². The normalized spacial score (nSPS) is 13.3. The number of phenolic OH excluding ortho intramolecular Hbond substituents is 2. The number of fused-ring (bicyclic) bond motifs is 3. The maximum atomic E-state index is 14.6. The van der Waals surface area contributed by atoms with Crippen molar-refractivity contribution in [3.05, 3.63) is 58.4 Å². The molecule has 4 rings (SSSR count). The van der Waals surface area contributed by atoms with E-state index in [-0.39, 0.29) is 5.39 Å². The molecule has 3 aromatic rings. The van der Waals surface area contributed by atoms with Crippen molar-refractivity contribution in [1.82, 2.24) is 0 Å². The Balaban J connectivity index is 2.21. The molecule has 2 aromatic carbocycles. The summed E-state index contributed by atoms with van der Waals surface area (Å²) in [5.74, 6) is -5.69. The van der Waals surface area contributed by atoms with Gasteiger partial charge in [0.25, 0.3) is 0 Å². The Morgan fingerprint density at radius 2 is 1.30 bits per heavy atom. The number of rotatable bonds is 0. The third-order valence-corrected chi connectivity index (χ3v) is 3.86. The highest BCUT2D eigenvalue weighted by molar-refractivity contribution is 6.31. The summed E-state index contributed by atoms with van der Waals surface area (Å²) < 4.78 is 33.9. The number of hydrogen-bond donors (Lipinski definition) is 2. The first-order valence-corrected chi connectivity index (χ1v) is 6.46. The summed E-state index contributed by atoms with van der Waals surface area (Å²) >= 11 is 0. The van der Waals surface area contributed by atoms with E-state index in [0.717, 1.165) is 24.5 Å². The fourth-order valence-electron chi connectivity index (χ4n) is 2.84. The fraction of sp³-hybridized carbons (Fsp3) is 0. The zero-order chi connectivity index (χ0) is 16.5. The summed E-state index contributed by atoms with van der Waals surface area (Å²) in [5.41, 5.74) is -3.21. The van der Waals surface area contributed by atoms with Crippen LogP contribution in [-0.4, -0.2) is 21.8 Å². The second-order valence-electron chi connectivity index (χ2n) is 5.05. The van der Waals surface area contributed by atoms with Crippen LogP contribution in [0.4, 0.5) is 8.78 Å². The highest BCUT2D eigenvalue weighted by Gasteiger charge is 2.40. The predicted molar refractivity (Wildman–Crippen MR) is 72.8 cm³/mol. The van der Waals surface area contributed by atoms with Crippen molar-refractivity contribution in [3.8, 4) is 11.5 Å². The monoisotopic (exact) mass is 316 g/mol. The smallest absolute Gasteiger partial charge is 0.201 e. The van der Waals surface area contributed by atoms with Crippen LogP contribution in [0.2, 0.25) is 0 Å². The lowest BCUT2D eigenvalue weighted by Gasteiger charge is -2.20. The molecule has 5 nitrogen and oxygen atoms in total. The lowest BCUT2D eigenvalue weighted by Crippen LogP contribution is -2.24. The van der Waals surface area contributed by atoms with Crippen LogP contribution in [0.15, 0.2) is 28.9 Å². The van der Waals surface area contributed by atoms with Crippen LogP contribution in [0.5, 0.6) is 11.5 Å². The molecule has 0 bridgehead atoms. The number of hydrogen-bond acceptors (Lipinski definition) is 5. The largest absolute Gasteiger partial charge is 0.507 e. The van der Waals surface area contributed by atoms with Gasteiger partial charge in [0.2, 0.25) is 11.6 Å². The minimum Gasteiger partial charge on any atom is -0.507 e. The molecule has 0 atom stereocenters. The molecule has 1 heterocycles. The first-order chi connectivity index (χ1) is 10.9. The van der Waals surface area contributed by atoms with E-state index in [4.69, 9.17) is 4.42 Å². The first-order valence-electron chi connectivity index (χ1n) is 6.46. The summed E-state index contributed by atoms with van der Waals surface area (Å²) in [5, 5.41) is 19.3. The quantitative estimate of drug-likeness (QED) is 0.487. The van der Waals surface area contributed by atoms with E-state index in [1.807, 2.05) is 0 Å². The molecular weight excluding hydrogens is 310 g/mol. The molecule has 1 aliphatic rings. The maximum Gasteiger partial charge on any atom is 0.201 e. The summed E-state index contributed by atoms with van der Waals surface area (Å²) in [6, 6.07) is 3.11. The molecule has 0 saturated heterocycles. The van der Waals surface area contributed by atoms with Gasteiger partial charge < -0.3 is 14.6 Å². The minimum absolute atomic E-state index is 0.287. The third-order valence-electron chi connectivity index (χ3n) is 3.86. The third kappa shape index (κ3) is 1.48. The fourth-order valence-corrected chi connectivity index (χ4v) is 2.84. The average Bonchev–Trinajstić information content (AvgIpc) is 3.00. The highest BCUT2D eigenvalue weighted by Crippen LogP contribution is 2.41. The molecule has 0 saturated carbocycles. The number of halogens is 2. The molecule has 1 aliphatic carbocycles. The van der Waals surface area contributed by atoms with Gasteiger partial charge in [-0.3, -0.25) is 9.59 Å². The number of benzene rings is 2. The van der Waals surface area contributed by atoms with Gasteiger partial charge >= 0.3 is 0 Å². The molecule has 0 amide bonds. The molecule has 1 aromatic heterocycles. The predicted octanol–water partition coefficient (Wildman–Crippen LogP) is 2.90. The van der Waals surface area contributed by atoms with Crippen molar-refractivity contribution in [2.75, 3.05) is 0 Å². The van der Waals surface area contributed by atoms with Crippen LogP contribution < -0.4 is 0 Å². The van der Waals surface area contributed by atoms with Gasteiger partial charge in [-0.2, -0.15) is 0 Å². The molecule has 2 N–H and O–H groups in total. The van der Waals surface area contributed by atoms with Crippen LogP contribution in [0.1, 0.15) is 31.8 Å². The molecule has 114 valence electrons. The molecule has 23 heavy (non-hydrogen) atoms. The van der Waals surface area contributed by atoms with E-state index in [1.165, 1.54) is 0 Å². The van der Waals surface area contributed by atoms with E-state index < -0.39 is 62.5 Å². The number of furan rings is 1. The highest BCUT2D eigenvalue weighted by atomic mass is 19.1. The molecular formula is C16H6F2O5. The number of ketones is 2. The van der Waals surface area contributed by atoms with E-state index in [9.17, 15) is 28.6 Å². The van der Waals surface area contributed by atoms with Crippen molar-refractivity contribution in [2.45, 2.75) is 0 Å².